The SMILES string of the molecule is O=C(OC1CCCC(C2CCCC(OC(=O)C3C4CC(CC4S(=O)(=O)O)C3C(=O)OC3CCCCC3)C2)C1)C1CCC(S(=O)(=O)O)CC1C(=O)OC1CCCCC1. The molecule has 16 heteroatoms. The summed E-state index contributed by atoms with van der Waals surface area (Å²) in [4.78, 5) is 54.8. The molecule has 0 radical (unpaired) electrons. The minimum Gasteiger partial charge on any atom is -0.462 e. The van der Waals surface area contributed by atoms with Crippen molar-refractivity contribution in [2.24, 2.45) is 47.3 Å². The number of carbonyl (C=O) groups excluding carboxylic acids is 4. The van der Waals surface area contributed by atoms with E-state index in [-0.39, 0.29) is 55.6 Å². The predicted octanol–water partition coefficient (Wildman–Crippen LogP) is 6.14. The third-order valence-corrected chi connectivity index (χ3v) is 17.5. The first-order chi connectivity index (χ1) is 27.2. The maximum absolute atomic E-state index is 14.0. The van der Waals surface area contributed by atoms with Crippen LogP contribution in [0.2, 0.25) is 0 Å². The maximum atomic E-state index is 14.0. The lowest BCUT2D eigenvalue weighted by Crippen LogP contribution is -2.45. The fourth-order valence-corrected chi connectivity index (χ4v) is 14.1. The molecule has 0 aliphatic heterocycles. The Morgan fingerprint density at radius 3 is 1.42 bits per heavy atom. The molecule has 322 valence electrons. The summed E-state index contributed by atoms with van der Waals surface area (Å²) in [6, 6.07) is 0. The quantitative estimate of drug-likeness (QED) is 0.136. The van der Waals surface area contributed by atoms with E-state index in [1.165, 1.54) is 0 Å². The standard InChI is InChI=1S/C41H62O14S2/c42-38(32-18-17-31(56(46,47)48)23-33(32)39(43)52-27-11-3-1-4-12-27)54-29-15-7-9-24(19-29)25-10-8-16-30(20-25)55-41(45)37-34-21-26(22-35(34)57(49,50)51)36(37)40(44)53-28-13-5-2-6-14-28/h24-37H,1-23H2,(H,46,47,48)(H,49,50,51). The van der Waals surface area contributed by atoms with E-state index in [2.05, 4.69) is 0 Å². The van der Waals surface area contributed by atoms with E-state index in [1.54, 1.807) is 0 Å². The third kappa shape index (κ3) is 10.2. The van der Waals surface area contributed by atoms with Crippen molar-refractivity contribution in [1.82, 2.24) is 0 Å². The zero-order valence-electron chi connectivity index (χ0n) is 33.0. The number of esters is 4. The van der Waals surface area contributed by atoms with E-state index in [1.807, 2.05) is 0 Å². The molecule has 2 bridgehead atoms. The van der Waals surface area contributed by atoms with Crippen molar-refractivity contribution in [3.05, 3.63) is 0 Å². The molecule has 7 fully saturated rings. The summed E-state index contributed by atoms with van der Waals surface area (Å²) in [5.74, 6) is -6.62. The fraction of sp³-hybridized carbons (Fsp3) is 0.902. The van der Waals surface area contributed by atoms with Crippen molar-refractivity contribution in [2.75, 3.05) is 0 Å². The van der Waals surface area contributed by atoms with E-state index < -0.39 is 96.4 Å². The molecule has 7 saturated carbocycles. The van der Waals surface area contributed by atoms with Gasteiger partial charge in [0, 0.05) is 0 Å². The molecule has 0 aromatic rings. The smallest absolute Gasteiger partial charge is 0.310 e. The number of fused-ring (bicyclic) bond motifs is 2. The highest BCUT2D eigenvalue weighted by Crippen LogP contribution is 2.56. The summed E-state index contributed by atoms with van der Waals surface area (Å²) < 4.78 is 92.6. The maximum Gasteiger partial charge on any atom is 0.310 e. The van der Waals surface area contributed by atoms with Gasteiger partial charge in [-0.2, -0.15) is 16.8 Å². The molecule has 7 aliphatic rings. The van der Waals surface area contributed by atoms with E-state index in [0.29, 0.717) is 32.1 Å². The Morgan fingerprint density at radius 1 is 0.404 bits per heavy atom. The Balaban J connectivity index is 0.962. The summed E-state index contributed by atoms with van der Waals surface area (Å²) in [6.07, 6.45) is 14.0. The molecule has 0 amide bonds. The molecule has 7 aliphatic carbocycles. The molecule has 14 nitrogen and oxygen atoms in total. The highest BCUT2D eigenvalue weighted by Gasteiger charge is 2.62. The van der Waals surface area contributed by atoms with Crippen molar-refractivity contribution in [3.63, 3.8) is 0 Å². The van der Waals surface area contributed by atoms with Gasteiger partial charge in [0.05, 0.1) is 34.2 Å². The zero-order valence-corrected chi connectivity index (χ0v) is 34.6. The van der Waals surface area contributed by atoms with Gasteiger partial charge in [0.2, 0.25) is 0 Å². The second kappa shape index (κ2) is 18.1. The highest BCUT2D eigenvalue weighted by atomic mass is 32.2. The summed E-state index contributed by atoms with van der Waals surface area (Å²) in [6.45, 7) is 0. The van der Waals surface area contributed by atoms with Crippen LogP contribution < -0.4 is 0 Å². The van der Waals surface area contributed by atoms with E-state index in [0.717, 1.165) is 89.9 Å². The van der Waals surface area contributed by atoms with Gasteiger partial charge in [0.25, 0.3) is 20.2 Å². The average Bonchev–Trinajstić information content (AvgIpc) is 3.79. The molecule has 12 unspecified atom stereocenters. The second-order valence-electron chi connectivity index (χ2n) is 18.5. The molecule has 2 N–H and O–H groups in total. The summed E-state index contributed by atoms with van der Waals surface area (Å²) in [5.41, 5.74) is 0. The van der Waals surface area contributed by atoms with E-state index in [4.69, 9.17) is 18.9 Å². The number of hydrogen-bond acceptors (Lipinski definition) is 12. The topological polar surface area (TPSA) is 214 Å². The Labute approximate surface area is 337 Å². The number of rotatable bonds is 11. The fourth-order valence-electron chi connectivity index (χ4n) is 12.0. The van der Waals surface area contributed by atoms with Crippen LogP contribution >= 0.6 is 0 Å². The van der Waals surface area contributed by atoms with Crippen LogP contribution in [0.3, 0.4) is 0 Å². The molecule has 57 heavy (non-hydrogen) atoms. The summed E-state index contributed by atoms with van der Waals surface area (Å²) in [5, 5.41) is -2.26. The van der Waals surface area contributed by atoms with Gasteiger partial charge >= 0.3 is 23.9 Å². The van der Waals surface area contributed by atoms with Crippen LogP contribution in [0.15, 0.2) is 0 Å². The molecule has 0 aromatic carbocycles. The monoisotopic (exact) mass is 842 g/mol. The van der Waals surface area contributed by atoms with Crippen molar-refractivity contribution < 1.29 is 64.1 Å². The summed E-state index contributed by atoms with van der Waals surface area (Å²) in [7, 11) is -8.84. The largest absolute Gasteiger partial charge is 0.462 e. The van der Waals surface area contributed by atoms with Crippen LogP contribution in [0.25, 0.3) is 0 Å². The normalized spacial score (nSPS) is 38.2. The van der Waals surface area contributed by atoms with E-state index >= 15 is 0 Å². The van der Waals surface area contributed by atoms with Gasteiger partial charge < -0.3 is 18.9 Å². The van der Waals surface area contributed by atoms with Crippen molar-refractivity contribution in [3.8, 4) is 0 Å². The second-order valence-corrected chi connectivity index (χ2v) is 21.9. The Kier molecular flexibility index (Phi) is 13.6. The molecule has 12 atom stereocenters. The number of hydrogen-bond donors (Lipinski definition) is 2. The van der Waals surface area contributed by atoms with Gasteiger partial charge in [-0.3, -0.25) is 28.3 Å². The first-order valence-electron chi connectivity index (χ1n) is 21.9. The molecule has 0 saturated heterocycles. The molecule has 0 heterocycles. The number of carbonyl (C=O) groups is 4. The minimum absolute atomic E-state index is 0.0441. The zero-order chi connectivity index (χ0) is 40.5. The van der Waals surface area contributed by atoms with Gasteiger partial charge in [-0.1, -0.05) is 12.8 Å². The average molecular weight is 843 g/mol. The summed E-state index contributed by atoms with van der Waals surface area (Å²) >= 11 is 0. The van der Waals surface area contributed by atoms with Gasteiger partial charge in [-0.05, 0) is 159 Å². The van der Waals surface area contributed by atoms with Gasteiger partial charge in [-0.25, -0.2) is 0 Å². The Hall–Kier alpha value is -2.30. The molecular weight excluding hydrogens is 781 g/mol. The molecule has 7 rings (SSSR count). The lowest BCUT2D eigenvalue weighted by atomic mass is 9.72. The third-order valence-electron chi connectivity index (χ3n) is 14.9. The van der Waals surface area contributed by atoms with Crippen molar-refractivity contribution >= 4 is 44.1 Å². The molecule has 0 aromatic heterocycles. The van der Waals surface area contributed by atoms with Crippen LogP contribution in [0, 0.1) is 47.3 Å². The van der Waals surface area contributed by atoms with Gasteiger partial charge in [-0.15, -0.1) is 0 Å². The van der Waals surface area contributed by atoms with E-state index in [9.17, 15) is 45.1 Å². The van der Waals surface area contributed by atoms with Gasteiger partial charge in [0.1, 0.15) is 24.4 Å². The predicted molar refractivity (Wildman–Crippen MR) is 204 cm³/mol. The lowest BCUT2D eigenvalue weighted by molar-refractivity contribution is -0.172. The van der Waals surface area contributed by atoms with Crippen LogP contribution in [0.5, 0.6) is 0 Å². The van der Waals surface area contributed by atoms with Gasteiger partial charge in [0.15, 0.2) is 0 Å². The molecule has 0 spiro atoms. The van der Waals surface area contributed by atoms with Crippen LogP contribution in [0.1, 0.15) is 148 Å². The van der Waals surface area contributed by atoms with Crippen LogP contribution in [-0.4, -0.2) is 84.7 Å². The highest BCUT2D eigenvalue weighted by molar-refractivity contribution is 7.86. The first kappa shape index (κ1) is 42.8. The van der Waals surface area contributed by atoms with Crippen molar-refractivity contribution in [2.45, 2.75) is 183 Å². The van der Waals surface area contributed by atoms with Crippen LogP contribution in [-0.2, 0) is 58.4 Å². The minimum atomic E-state index is -4.43. The first-order valence-corrected chi connectivity index (χ1v) is 24.9. The number of ether oxygens (including phenoxy) is 4. The lowest BCUT2D eigenvalue weighted by Gasteiger charge is -2.40. The Bertz CT molecular complexity index is 1690. The molecular formula is C41H62O14S2. The van der Waals surface area contributed by atoms with Crippen molar-refractivity contribution in [1.29, 1.82) is 0 Å². The van der Waals surface area contributed by atoms with Crippen LogP contribution in [0.4, 0.5) is 0 Å². The Morgan fingerprint density at radius 2 is 0.877 bits per heavy atom.